The van der Waals surface area contributed by atoms with E-state index >= 15 is 0 Å². The summed E-state index contributed by atoms with van der Waals surface area (Å²) in [4.78, 5) is 18.5. The van der Waals surface area contributed by atoms with E-state index in [2.05, 4.69) is 32.5 Å². The Hall–Kier alpha value is -2.55. The number of aromatic nitrogens is 1. The lowest BCUT2D eigenvalue weighted by atomic mass is 10.00. The second-order valence-corrected chi connectivity index (χ2v) is 6.56. The van der Waals surface area contributed by atoms with Crippen LogP contribution in [-0.2, 0) is 13.0 Å². The molecule has 26 heavy (non-hydrogen) atoms. The highest BCUT2D eigenvalue weighted by Gasteiger charge is 2.17. The molecule has 3 rings (SSSR count). The molecule has 1 aliphatic heterocycles. The number of rotatable bonds is 6. The molecule has 1 amide bonds. The van der Waals surface area contributed by atoms with Crippen molar-refractivity contribution < 1.29 is 4.79 Å². The number of carbonyl (C=O) groups is 1. The van der Waals surface area contributed by atoms with E-state index in [0.29, 0.717) is 5.56 Å². The zero-order chi connectivity index (χ0) is 18.4. The summed E-state index contributed by atoms with van der Waals surface area (Å²) in [7, 11) is 0. The molecule has 0 fully saturated rings. The molecule has 1 aliphatic rings. The summed E-state index contributed by atoms with van der Waals surface area (Å²) in [5, 5.41) is 6.78. The van der Waals surface area contributed by atoms with Gasteiger partial charge in [-0.1, -0.05) is 29.7 Å². The minimum absolute atomic E-state index is 0.211. The van der Waals surface area contributed by atoms with Gasteiger partial charge in [-0.25, -0.2) is 4.98 Å². The summed E-state index contributed by atoms with van der Waals surface area (Å²) in [6.07, 6.45) is 7.66. The van der Waals surface area contributed by atoms with Crippen LogP contribution in [0.1, 0.15) is 21.5 Å². The first-order chi connectivity index (χ1) is 12.7. The maximum absolute atomic E-state index is 11.8. The molecule has 0 aliphatic carbocycles. The van der Waals surface area contributed by atoms with Gasteiger partial charge in [-0.05, 0) is 35.7 Å². The van der Waals surface area contributed by atoms with Crippen molar-refractivity contribution in [3.05, 3.63) is 58.2 Å². The maximum Gasteiger partial charge on any atom is 0.253 e. The second kappa shape index (κ2) is 8.70. The fraction of sp³-hybridized carbons (Fsp3) is 0.300. The van der Waals surface area contributed by atoms with E-state index in [1.165, 1.54) is 11.1 Å². The van der Waals surface area contributed by atoms with E-state index in [1.54, 1.807) is 18.3 Å². The van der Waals surface area contributed by atoms with Crippen molar-refractivity contribution in [1.82, 2.24) is 15.2 Å². The number of nitrogens with one attached hydrogen (secondary N) is 2. The van der Waals surface area contributed by atoms with Crippen molar-refractivity contribution in [2.45, 2.75) is 13.0 Å². The lowest BCUT2D eigenvalue weighted by Crippen LogP contribution is -2.34. The summed E-state index contributed by atoms with van der Waals surface area (Å²) in [5.41, 5.74) is 3.08. The van der Waals surface area contributed by atoms with Crippen LogP contribution in [0.3, 0.4) is 0 Å². The second-order valence-electron chi connectivity index (χ2n) is 6.15. The van der Waals surface area contributed by atoms with Gasteiger partial charge in [-0.2, -0.15) is 0 Å². The molecular formula is C20H21ClN4O. The van der Waals surface area contributed by atoms with Gasteiger partial charge in [0.15, 0.2) is 0 Å². The predicted octanol–water partition coefficient (Wildman–Crippen LogP) is 2.57. The lowest BCUT2D eigenvalue weighted by Gasteiger charge is -2.29. The first kappa shape index (κ1) is 18.2. The molecule has 5 nitrogen and oxygen atoms in total. The number of halogens is 1. The molecule has 1 aromatic carbocycles. The number of hydrogen-bond donors (Lipinski definition) is 2. The van der Waals surface area contributed by atoms with Crippen molar-refractivity contribution in [2.75, 3.05) is 31.5 Å². The first-order valence-corrected chi connectivity index (χ1v) is 8.95. The Morgan fingerprint density at radius 2 is 2.23 bits per heavy atom. The molecular weight excluding hydrogens is 348 g/mol. The van der Waals surface area contributed by atoms with Crippen molar-refractivity contribution in [3.8, 4) is 12.3 Å². The van der Waals surface area contributed by atoms with E-state index in [9.17, 15) is 4.79 Å². The third-order valence-corrected chi connectivity index (χ3v) is 4.75. The average molecular weight is 369 g/mol. The fourth-order valence-electron chi connectivity index (χ4n) is 3.02. The van der Waals surface area contributed by atoms with E-state index in [0.717, 1.165) is 43.4 Å². The Bertz CT molecular complexity index is 814. The summed E-state index contributed by atoms with van der Waals surface area (Å²) in [6, 6.07) is 9.65. The maximum atomic E-state index is 11.8. The lowest BCUT2D eigenvalue weighted by molar-refractivity contribution is 0.0958. The molecule has 2 heterocycles. The third-order valence-electron chi connectivity index (χ3n) is 4.40. The molecule has 0 unspecified atom stereocenters. The number of carbonyl (C=O) groups excluding carboxylic acids is 1. The van der Waals surface area contributed by atoms with Crippen LogP contribution in [0.4, 0.5) is 5.82 Å². The first-order valence-electron chi connectivity index (χ1n) is 8.57. The highest BCUT2D eigenvalue weighted by Crippen LogP contribution is 2.25. The predicted molar refractivity (Wildman–Crippen MR) is 104 cm³/mol. The molecule has 0 radical (unpaired) electrons. The largest absolute Gasteiger partial charge is 0.369 e. The Balaban J connectivity index is 1.47. The number of terminal acetylenes is 1. The van der Waals surface area contributed by atoms with Crippen LogP contribution >= 0.6 is 11.6 Å². The summed E-state index contributed by atoms with van der Waals surface area (Å²) < 4.78 is 0. The number of nitrogens with zero attached hydrogens (tertiary/aromatic N) is 2. The highest BCUT2D eigenvalue weighted by atomic mass is 35.5. The normalized spacial score (nSPS) is 13.5. The van der Waals surface area contributed by atoms with Gasteiger partial charge in [0.1, 0.15) is 5.82 Å². The quantitative estimate of drug-likeness (QED) is 0.769. The standard InChI is InChI=1S/C20H21ClN4O/c1-2-9-23-20(26)15-6-7-19(24-13-15)22-10-12-25-11-8-17-16(14-25)4-3-5-18(17)21/h1,3-7,13H,8-12,14H2,(H,22,24)(H,23,26). The van der Waals surface area contributed by atoms with E-state index in [-0.39, 0.29) is 12.5 Å². The van der Waals surface area contributed by atoms with E-state index in [4.69, 9.17) is 18.0 Å². The van der Waals surface area contributed by atoms with E-state index < -0.39 is 0 Å². The fourth-order valence-corrected chi connectivity index (χ4v) is 3.31. The molecule has 1 aromatic heterocycles. The Morgan fingerprint density at radius 3 is 3.00 bits per heavy atom. The minimum Gasteiger partial charge on any atom is -0.369 e. The summed E-state index contributed by atoms with van der Waals surface area (Å²) in [5.74, 6) is 2.91. The van der Waals surface area contributed by atoms with Gasteiger partial charge >= 0.3 is 0 Å². The van der Waals surface area contributed by atoms with Gasteiger partial charge in [0, 0.05) is 37.4 Å². The highest BCUT2D eigenvalue weighted by molar-refractivity contribution is 6.31. The Labute approximate surface area is 158 Å². The van der Waals surface area contributed by atoms with Crippen LogP contribution in [0, 0.1) is 12.3 Å². The van der Waals surface area contributed by atoms with Crippen molar-refractivity contribution >= 4 is 23.3 Å². The van der Waals surface area contributed by atoms with Crippen molar-refractivity contribution in [1.29, 1.82) is 0 Å². The van der Waals surface area contributed by atoms with E-state index in [1.807, 2.05) is 12.1 Å². The van der Waals surface area contributed by atoms with Crippen LogP contribution in [0.15, 0.2) is 36.5 Å². The Kier molecular flexibility index (Phi) is 6.11. The molecule has 0 bridgehead atoms. The molecule has 0 spiro atoms. The number of amides is 1. The van der Waals surface area contributed by atoms with Crippen LogP contribution in [0.25, 0.3) is 0 Å². The number of hydrogen-bond acceptors (Lipinski definition) is 4. The molecule has 2 N–H and O–H groups in total. The van der Waals surface area contributed by atoms with Crippen LogP contribution in [0.2, 0.25) is 5.02 Å². The number of anilines is 1. The Morgan fingerprint density at radius 1 is 1.35 bits per heavy atom. The topological polar surface area (TPSA) is 57.3 Å². The molecule has 134 valence electrons. The molecule has 2 aromatic rings. The smallest absolute Gasteiger partial charge is 0.253 e. The van der Waals surface area contributed by atoms with Crippen molar-refractivity contribution in [3.63, 3.8) is 0 Å². The SMILES string of the molecule is C#CCNC(=O)c1ccc(NCCN2CCc3c(Cl)cccc3C2)nc1. The van der Waals surface area contributed by atoms with Crippen LogP contribution < -0.4 is 10.6 Å². The zero-order valence-electron chi connectivity index (χ0n) is 14.5. The van der Waals surface area contributed by atoms with Crippen LogP contribution in [0.5, 0.6) is 0 Å². The molecule has 6 heteroatoms. The number of benzene rings is 1. The zero-order valence-corrected chi connectivity index (χ0v) is 15.2. The number of fused-ring (bicyclic) bond motifs is 1. The molecule has 0 saturated heterocycles. The molecule has 0 saturated carbocycles. The van der Waals surface area contributed by atoms with Gasteiger partial charge in [0.2, 0.25) is 0 Å². The van der Waals surface area contributed by atoms with Gasteiger partial charge < -0.3 is 10.6 Å². The van der Waals surface area contributed by atoms with Crippen LogP contribution in [-0.4, -0.2) is 42.0 Å². The minimum atomic E-state index is -0.215. The van der Waals surface area contributed by atoms with Gasteiger partial charge in [-0.15, -0.1) is 6.42 Å². The summed E-state index contributed by atoms with van der Waals surface area (Å²) in [6.45, 7) is 3.83. The van der Waals surface area contributed by atoms with Crippen molar-refractivity contribution in [2.24, 2.45) is 0 Å². The molecule has 0 atom stereocenters. The number of pyridine rings is 1. The van der Waals surface area contributed by atoms with Gasteiger partial charge in [0.25, 0.3) is 5.91 Å². The monoisotopic (exact) mass is 368 g/mol. The third kappa shape index (κ3) is 4.54. The van der Waals surface area contributed by atoms with Gasteiger partial charge in [-0.3, -0.25) is 9.69 Å². The summed E-state index contributed by atoms with van der Waals surface area (Å²) >= 11 is 6.26. The van der Waals surface area contributed by atoms with Gasteiger partial charge in [0.05, 0.1) is 12.1 Å². The average Bonchev–Trinajstić information content (AvgIpc) is 2.67.